The Bertz CT molecular complexity index is 737. The van der Waals surface area contributed by atoms with E-state index in [-0.39, 0.29) is 11.8 Å². The normalized spacial score (nSPS) is 12.1. The molecular formula is C25H42N4O4. The van der Waals surface area contributed by atoms with Gasteiger partial charge in [0.15, 0.2) is 11.5 Å². The number of hydroxylamine groups is 1. The number of allylic oxidation sites excluding steroid dienone is 2. The summed E-state index contributed by atoms with van der Waals surface area (Å²) < 4.78 is 5.36. The van der Waals surface area contributed by atoms with E-state index < -0.39 is 6.04 Å². The quantitative estimate of drug-likeness (QED) is 0.160. The Morgan fingerprint density at radius 1 is 1.09 bits per heavy atom. The van der Waals surface area contributed by atoms with Crippen molar-refractivity contribution in [3.8, 4) is 11.5 Å². The molecule has 0 aliphatic carbocycles. The van der Waals surface area contributed by atoms with Crippen LogP contribution in [0.2, 0.25) is 0 Å². The first-order chi connectivity index (χ1) is 15.9. The maximum Gasteiger partial charge on any atom is 0.269 e. The van der Waals surface area contributed by atoms with E-state index in [0.29, 0.717) is 43.3 Å². The van der Waals surface area contributed by atoms with Crippen LogP contribution in [-0.4, -0.2) is 31.5 Å². The van der Waals surface area contributed by atoms with E-state index in [1.54, 1.807) is 12.1 Å². The molecule has 0 bridgehead atoms. The third-order valence-electron chi connectivity index (χ3n) is 5.08. The molecule has 0 aliphatic rings. The summed E-state index contributed by atoms with van der Waals surface area (Å²) >= 11 is 0. The first-order valence-electron chi connectivity index (χ1n) is 11.9. The van der Waals surface area contributed by atoms with Gasteiger partial charge in [-0.2, -0.15) is 5.48 Å². The zero-order valence-corrected chi connectivity index (χ0v) is 20.4. The summed E-state index contributed by atoms with van der Waals surface area (Å²) in [5, 5.41) is 2.93. The van der Waals surface area contributed by atoms with E-state index in [2.05, 4.69) is 36.8 Å². The summed E-state index contributed by atoms with van der Waals surface area (Å²) in [6.45, 7) is 5.33. The predicted molar refractivity (Wildman–Crippen MR) is 132 cm³/mol. The summed E-state index contributed by atoms with van der Waals surface area (Å²) in [5.74, 6) is 1.02. The molecule has 1 atom stereocenters. The molecule has 8 heteroatoms. The van der Waals surface area contributed by atoms with Crippen molar-refractivity contribution in [3.63, 3.8) is 0 Å². The molecule has 0 aliphatic heterocycles. The first kappa shape index (κ1) is 28.5. The SMILES string of the molecule is COc1cc(CNC(=O)CCCC/C=C/C(C)C)ccc1ONC(=O)[C@@H](N)CCCCCN. The van der Waals surface area contributed by atoms with Crippen molar-refractivity contribution >= 4 is 11.8 Å². The van der Waals surface area contributed by atoms with Crippen LogP contribution < -0.4 is 31.8 Å². The number of unbranched alkanes of at least 4 members (excludes halogenated alkanes) is 4. The molecule has 33 heavy (non-hydrogen) atoms. The van der Waals surface area contributed by atoms with Gasteiger partial charge in [0, 0.05) is 13.0 Å². The number of amides is 2. The lowest BCUT2D eigenvalue weighted by atomic mass is 10.1. The van der Waals surface area contributed by atoms with Gasteiger partial charge in [0.2, 0.25) is 5.91 Å². The molecule has 0 fully saturated rings. The van der Waals surface area contributed by atoms with Crippen LogP contribution >= 0.6 is 0 Å². The fourth-order valence-corrected chi connectivity index (χ4v) is 3.11. The van der Waals surface area contributed by atoms with Gasteiger partial charge in [0.1, 0.15) is 0 Å². The lowest BCUT2D eigenvalue weighted by Crippen LogP contribution is -2.42. The number of methoxy groups -OCH3 is 1. The van der Waals surface area contributed by atoms with Gasteiger partial charge in [-0.05, 0) is 62.3 Å². The van der Waals surface area contributed by atoms with Crippen LogP contribution in [0.15, 0.2) is 30.4 Å². The van der Waals surface area contributed by atoms with Crippen LogP contribution in [0.5, 0.6) is 11.5 Å². The van der Waals surface area contributed by atoms with Gasteiger partial charge in [-0.25, -0.2) is 0 Å². The number of rotatable bonds is 17. The third kappa shape index (κ3) is 12.9. The van der Waals surface area contributed by atoms with Gasteiger partial charge in [0.25, 0.3) is 5.91 Å². The molecule has 0 spiro atoms. The molecule has 0 aromatic heterocycles. The summed E-state index contributed by atoms with van der Waals surface area (Å²) in [6, 6.07) is 4.63. The summed E-state index contributed by atoms with van der Waals surface area (Å²) in [5.41, 5.74) is 14.6. The second-order valence-electron chi connectivity index (χ2n) is 8.49. The molecule has 0 saturated heterocycles. The van der Waals surface area contributed by atoms with Crippen molar-refractivity contribution in [1.29, 1.82) is 0 Å². The van der Waals surface area contributed by atoms with Crippen LogP contribution in [0.1, 0.15) is 70.8 Å². The highest BCUT2D eigenvalue weighted by Gasteiger charge is 2.15. The van der Waals surface area contributed by atoms with Crippen molar-refractivity contribution in [1.82, 2.24) is 10.8 Å². The van der Waals surface area contributed by atoms with E-state index in [4.69, 9.17) is 21.0 Å². The highest BCUT2D eigenvalue weighted by atomic mass is 16.7. The van der Waals surface area contributed by atoms with E-state index in [1.165, 1.54) is 7.11 Å². The Kier molecular flexibility index (Phi) is 14.6. The van der Waals surface area contributed by atoms with Gasteiger partial charge < -0.3 is 26.4 Å². The van der Waals surface area contributed by atoms with Crippen LogP contribution in [0, 0.1) is 5.92 Å². The summed E-state index contributed by atoms with van der Waals surface area (Å²) in [6.07, 6.45) is 11.0. The van der Waals surface area contributed by atoms with Gasteiger partial charge in [0.05, 0.1) is 13.2 Å². The summed E-state index contributed by atoms with van der Waals surface area (Å²) in [7, 11) is 1.52. The van der Waals surface area contributed by atoms with Crippen LogP contribution in [0.3, 0.4) is 0 Å². The molecule has 0 heterocycles. The Morgan fingerprint density at radius 3 is 2.58 bits per heavy atom. The topological polar surface area (TPSA) is 129 Å². The average molecular weight is 463 g/mol. The molecule has 0 unspecified atom stereocenters. The molecule has 0 saturated carbocycles. The highest BCUT2D eigenvalue weighted by molar-refractivity contribution is 5.80. The molecule has 1 aromatic carbocycles. The van der Waals surface area contributed by atoms with Gasteiger partial charge in [-0.3, -0.25) is 9.59 Å². The Hall–Kier alpha value is -2.58. The zero-order valence-electron chi connectivity index (χ0n) is 20.4. The van der Waals surface area contributed by atoms with Crippen LogP contribution in [0.25, 0.3) is 0 Å². The van der Waals surface area contributed by atoms with Crippen molar-refractivity contribution in [2.24, 2.45) is 17.4 Å². The number of hydrogen-bond donors (Lipinski definition) is 4. The predicted octanol–water partition coefficient (Wildman–Crippen LogP) is 3.34. The monoisotopic (exact) mass is 462 g/mol. The smallest absolute Gasteiger partial charge is 0.269 e. The van der Waals surface area contributed by atoms with Gasteiger partial charge >= 0.3 is 0 Å². The zero-order chi connectivity index (χ0) is 24.5. The van der Waals surface area contributed by atoms with Crippen molar-refractivity contribution in [2.75, 3.05) is 13.7 Å². The largest absolute Gasteiger partial charge is 0.493 e. The van der Waals surface area contributed by atoms with E-state index >= 15 is 0 Å². The average Bonchev–Trinajstić information content (AvgIpc) is 2.80. The Morgan fingerprint density at radius 2 is 1.88 bits per heavy atom. The molecule has 0 radical (unpaired) electrons. The van der Waals surface area contributed by atoms with Crippen molar-refractivity contribution in [2.45, 2.75) is 77.8 Å². The minimum Gasteiger partial charge on any atom is -0.493 e. The lowest BCUT2D eigenvalue weighted by Gasteiger charge is -2.15. The number of nitrogens with two attached hydrogens (primary N) is 2. The standard InChI is InChI=1S/C25H42N4O4/c1-19(2)11-7-4-5-9-13-24(30)28-18-20-14-15-22(23(17-20)32-3)33-29-25(31)21(27)12-8-6-10-16-26/h7,11,14-15,17,19,21H,4-6,8-10,12-13,16,18,26-27H2,1-3H3,(H,28,30)(H,29,31)/b11-7+/t21-/m0/s1. The molecule has 1 aromatic rings. The van der Waals surface area contributed by atoms with Gasteiger partial charge in [-0.15, -0.1) is 0 Å². The van der Waals surface area contributed by atoms with E-state index in [0.717, 1.165) is 44.1 Å². The minimum absolute atomic E-state index is 0.0230. The maximum atomic E-state index is 12.1. The van der Waals surface area contributed by atoms with Crippen molar-refractivity contribution in [3.05, 3.63) is 35.9 Å². The number of nitrogens with one attached hydrogen (secondary N) is 2. The van der Waals surface area contributed by atoms with Gasteiger partial charge in [-0.1, -0.05) is 44.9 Å². The molecule has 2 amide bonds. The number of ether oxygens (including phenoxy) is 1. The molecular weight excluding hydrogens is 420 g/mol. The first-order valence-corrected chi connectivity index (χ1v) is 11.9. The van der Waals surface area contributed by atoms with E-state index in [1.807, 2.05) is 6.07 Å². The second-order valence-corrected chi connectivity index (χ2v) is 8.49. The Labute approximate surface area is 198 Å². The fourth-order valence-electron chi connectivity index (χ4n) is 3.11. The third-order valence-corrected chi connectivity index (χ3v) is 5.08. The number of carbonyl (C=O) groups is 2. The fraction of sp³-hybridized carbons (Fsp3) is 0.600. The maximum absolute atomic E-state index is 12.1. The molecule has 1 rings (SSSR count). The van der Waals surface area contributed by atoms with Crippen LogP contribution in [0.4, 0.5) is 0 Å². The second kappa shape index (κ2) is 17.0. The molecule has 8 nitrogen and oxygen atoms in total. The number of carbonyl (C=O) groups excluding carboxylic acids is 2. The van der Waals surface area contributed by atoms with Crippen molar-refractivity contribution < 1.29 is 19.2 Å². The lowest BCUT2D eigenvalue weighted by molar-refractivity contribution is -0.129. The number of benzene rings is 1. The van der Waals surface area contributed by atoms with Crippen LogP contribution in [-0.2, 0) is 16.1 Å². The number of hydrogen-bond acceptors (Lipinski definition) is 6. The Balaban J connectivity index is 2.40. The highest BCUT2D eigenvalue weighted by Crippen LogP contribution is 2.27. The minimum atomic E-state index is -0.644. The molecule has 186 valence electrons. The molecule has 6 N–H and O–H groups in total. The summed E-state index contributed by atoms with van der Waals surface area (Å²) in [4.78, 5) is 29.6. The van der Waals surface area contributed by atoms with E-state index in [9.17, 15) is 9.59 Å².